The van der Waals surface area contributed by atoms with E-state index < -0.39 is 0 Å². The highest BCUT2D eigenvalue weighted by Crippen LogP contribution is 2.68. The molecule has 10 atom stereocenters. The Bertz CT molecular complexity index is 616. The molecule has 0 radical (unpaired) electrons. The second kappa shape index (κ2) is 8.94. The first-order chi connectivity index (χ1) is 14.6. The summed E-state index contributed by atoms with van der Waals surface area (Å²) < 4.78 is 0. The van der Waals surface area contributed by atoms with Gasteiger partial charge in [0.25, 0.3) is 0 Å². The molecular weight excluding hydrogens is 378 g/mol. The van der Waals surface area contributed by atoms with Gasteiger partial charge in [0.05, 0.1) is 6.10 Å². The molecule has 0 bridgehead atoms. The molecule has 0 aromatic carbocycles. The number of aliphatic hydroxyl groups is 1. The normalized spacial score (nSPS) is 48.4. The van der Waals surface area contributed by atoms with Crippen LogP contribution in [0.4, 0.5) is 0 Å². The number of nitrogens with zero attached hydrogens (tertiary/aromatic N) is 1. The van der Waals surface area contributed by atoms with Crippen molar-refractivity contribution in [3.8, 4) is 0 Å². The van der Waals surface area contributed by atoms with Crippen LogP contribution in [0.3, 0.4) is 0 Å². The van der Waals surface area contributed by atoms with Crippen molar-refractivity contribution in [3.05, 3.63) is 0 Å². The predicted molar refractivity (Wildman–Crippen MR) is 132 cm³/mol. The van der Waals surface area contributed by atoms with Crippen LogP contribution >= 0.6 is 0 Å². The Labute approximate surface area is 193 Å². The van der Waals surface area contributed by atoms with Gasteiger partial charge in [-0.15, -0.1) is 0 Å². The third-order valence-electron chi connectivity index (χ3n) is 11.5. The van der Waals surface area contributed by atoms with E-state index in [1.807, 2.05) is 0 Å². The van der Waals surface area contributed by atoms with Crippen LogP contribution in [-0.2, 0) is 0 Å². The van der Waals surface area contributed by atoms with Crippen molar-refractivity contribution in [2.24, 2.45) is 52.3 Å². The summed E-state index contributed by atoms with van der Waals surface area (Å²) in [5.74, 6) is 6.27. The average Bonchev–Trinajstić information content (AvgIpc) is 3.05. The highest BCUT2D eigenvalue weighted by Gasteiger charge is 2.61. The lowest BCUT2D eigenvalue weighted by Gasteiger charge is -2.62. The van der Waals surface area contributed by atoms with Gasteiger partial charge < -0.3 is 10.0 Å². The monoisotopic (exact) mass is 431 g/mol. The molecule has 4 aliphatic rings. The molecule has 0 saturated heterocycles. The Morgan fingerprint density at radius 3 is 2.29 bits per heavy atom. The van der Waals surface area contributed by atoms with Crippen molar-refractivity contribution in [1.82, 2.24) is 4.90 Å². The molecule has 1 N–H and O–H groups in total. The number of likely N-dealkylation sites (N-methyl/N-ethyl adjacent to an activating group) is 1. The van der Waals surface area contributed by atoms with Gasteiger partial charge in [-0.05, 0) is 118 Å². The Balaban J connectivity index is 1.49. The van der Waals surface area contributed by atoms with Gasteiger partial charge in [0.2, 0.25) is 0 Å². The molecule has 0 heterocycles. The van der Waals surface area contributed by atoms with Crippen molar-refractivity contribution in [3.63, 3.8) is 0 Å². The highest BCUT2D eigenvalue weighted by atomic mass is 16.3. The molecule has 0 aromatic heterocycles. The first-order valence-corrected chi connectivity index (χ1v) is 13.9. The lowest BCUT2D eigenvalue weighted by Crippen LogP contribution is -2.58. The van der Waals surface area contributed by atoms with Crippen molar-refractivity contribution >= 4 is 0 Å². The van der Waals surface area contributed by atoms with Crippen LogP contribution in [0.1, 0.15) is 105 Å². The molecular formula is C29H53NO. The summed E-state index contributed by atoms with van der Waals surface area (Å²) in [6, 6.07) is 0.352. The van der Waals surface area contributed by atoms with Gasteiger partial charge in [-0.2, -0.15) is 0 Å². The molecule has 4 fully saturated rings. The van der Waals surface area contributed by atoms with E-state index in [1.54, 1.807) is 0 Å². The zero-order valence-corrected chi connectivity index (χ0v) is 21.9. The van der Waals surface area contributed by atoms with Crippen LogP contribution in [0.25, 0.3) is 0 Å². The van der Waals surface area contributed by atoms with Gasteiger partial charge in [0.1, 0.15) is 0 Å². The van der Waals surface area contributed by atoms with Crippen molar-refractivity contribution in [2.75, 3.05) is 14.1 Å². The minimum Gasteiger partial charge on any atom is -0.391 e. The number of hydrogen-bond acceptors (Lipinski definition) is 2. The van der Waals surface area contributed by atoms with Gasteiger partial charge in [-0.25, -0.2) is 0 Å². The zero-order chi connectivity index (χ0) is 22.6. The predicted octanol–water partition coefficient (Wildman–Crippen LogP) is 7.01. The molecule has 0 amide bonds. The minimum absolute atomic E-state index is 0.124. The average molecular weight is 432 g/mol. The van der Waals surface area contributed by atoms with E-state index in [0.717, 1.165) is 47.8 Å². The van der Waals surface area contributed by atoms with E-state index in [4.69, 9.17) is 0 Å². The van der Waals surface area contributed by atoms with Crippen LogP contribution in [0, 0.1) is 52.3 Å². The largest absolute Gasteiger partial charge is 0.391 e. The molecule has 4 saturated carbocycles. The third kappa shape index (κ3) is 4.16. The van der Waals surface area contributed by atoms with Crippen LogP contribution in [0.5, 0.6) is 0 Å². The van der Waals surface area contributed by atoms with Gasteiger partial charge in [-0.1, -0.05) is 53.9 Å². The molecule has 31 heavy (non-hydrogen) atoms. The van der Waals surface area contributed by atoms with Crippen LogP contribution in [0.15, 0.2) is 0 Å². The molecule has 0 aliphatic heterocycles. The molecule has 4 aliphatic carbocycles. The summed E-state index contributed by atoms with van der Waals surface area (Å²) in [7, 11) is 4.36. The summed E-state index contributed by atoms with van der Waals surface area (Å²) in [5.41, 5.74) is 1.04. The van der Waals surface area contributed by atoms with Gasteiger partial charge in [0.15, 0.2) is 0 Å². The number of rotatable bonds is 6. The van der Waals surface area contributed by atoms with E-state index in [-0.39, 0.29) is 6.10 Å². The van der Waals surface area contributed by atoms with Crippen molar-refractivity contribution in [1.29, 1.82) is 0 Å². The topological polar surface area (TPSA) is 23.5 Å². The minimum atomic E-state index is -0.124. The maximum atomic E-state index is 10.8. The van der Waals surface area contributed by atoms with E-state index >= 15 is 0 Å². The van der Waals surface area contributed by atoms with Crippen LogP contribution in [0.2, 0.25) is 0 Å². The SMILES string of the molecule is CC(C)CCC[C@@H](C)[C@H]1CC[C@H]2[C@@H]3CCC4CC(O)C(N(C)C)C[C@]4(C)[C@H]3CC[C@]12C. The number of fused-ring (bicyclic) bond motifs is 5. The number of aliphatic hydroxyl groups excluding tert-OH is 1. The van der Waals surface area contributed by atoms with E-state index in [1.165, 1.54) is 64.2 Å². The van der Waals surface area contributed by atoms with Gasteiger partial charge >= 0.3 is 0 Å². The second-order valence-electron chi connectivity index (χ2n) is 13.7. The maximum Gasteiger partial charge on any atom is 0.0698 e. The fourth-order valence-electron chi connectivity index (χ4n) is 9.83. The quantitative estimate of drug-likeness (QED) is 0.489. The molecule has 4 rings (SSSR count). The Hall–Kier alpha value is -0.0800. The van der Waals surface area contributed by atoms with Crippen LogP contribution in [-0.4, -0.2) is 36.2 Å². The highest BCUT2D eigenvalue weighted by molar-refractivity contribution is 5.11. The maximum absolute atomic E-state index is 10.8. The second-order valence-corrected chi connectivity index (χ2v) is 13.7. The lowest BCUT2D eigenvalue weighted by atomic mass is 9.44. The Kier molecular flexibility index (Phi) is 6.93. The lowest BCUT2D eigenvalue weighted by molar-refractivity contribution is -0.146. The molecule has 2 nitrogen and oxygen atoms in total. The summed E-state index contributed by atoms with van der Waals surface area (Å²) >= 11 is 0. The molecule has 0 aromatic rings. The Morgan fingerprint density at radius 2 is 1.61 bits per heavy atom. The summed E-state index contributed by atoms with van der Waals surface area (Å²) in [5, 5.41) is 10.8. The standard InChI is InChI=1S/C29H53NO/c1-19(2)9-8-10-20(3)23-13-14-24-22-12-11-21-17-27(31)26(30(6)7)18-29(21,5)25(22)15-16-28(23,24)4/h19-27,31H,8-18H2,1-7H3/t20-,21?,22+,23-,24+,25+,26?,27?,28-,29+/m1/s1. The van der Waals surface area contributed by atoms with Gasteiger partial charge in [0, 0.05) is 6.04 Å². The van der Waals surface area contributed by atoms with E-state index in [9.17, 15) is 5.11 Å². The summed E-state index contributed by atoms with van der Waals surface area (Å²) in [6.45, 7) is 12.7. The van der Waals surface area contributed by atoms with Crippen molar-refractivity contribution in [2.45, 2.75) is 117 Å². The zero-order valence-electron chi connectivity index (χ0n) is 21.9. The number of hydrogen-bond donors (Lipinski definition) is 1. The fourth-order valence-corrected chi connectivity index (χ4v) is 9.83. The molecule has 3 unspecified atom stereocenters. The van der Waals surface area contributed by atoms with E-state index in [0.29, 0.717) is 16.9 Å². The van der Waals surface area contributed by atoms with Gasteiger partial charge in [-0.3, -0.25) is 0 Å². The van der Waals surface area contributed by atoms with Crippen molar-refractivity contribution < 1.29 is 5.11 Å². The van der Waals surface area contributed by atoms with Crippen LogP contribution < -0.4 is 0 Å². The third-order valence-corrected chi connectivity index (χ3v) is 11.5. The molecule has 2 heteroatoms. The summed E-state index contributed by atoms with van der Waals surface area (Å²) in [4.78, 5) is 2.31. The summed E-state index contributed by atoms with van der Waals surface area (Å²) in [6.07, 6.45) is 15.1. The first kappa shape index (κ1) is 24.1. The first-order valence-electron chi connectivity index (χ1n) is 13.9. The Morgan fingerprint density at radius 1 is 0.903 bits per heavy atom. The fraction of sp³-hybridized carbons (Fsp3) is 1.00. The van der Waals surface area contributed by atoms with E-state index in [2.05, 4.69) is 53.6 Å². The molecule has 180 valence electrons. The smallest absolute Gasteiger partial charge is 0.0698 e. The molecule has 0 spiro atoms.